The summed E-state index contributed by atoms with van der Waals surface area (Å²) in [5.74, 6) is 0.00274. The minimum atomic E-state index is -2.88. The Bertz CT molecular complexity index is 468. The van der Waals surface area contributed by atoms with Crippen LogP contribution in [0.15, 0.2) is 24.3 Å². The van der Waals surface area contributed by atoms with Crippen molar-refractivity contribution in [2.24, 2.45) is 0 Å². The summed E-state index contributed by atoms with van der Waals surface area (Å²) in [6.07, 6.45) is 0.0766. The minimum Gasteiger partial charge on any atom is -0.435 e. The van der Waals surface area contributed by atoms with Gasteiger partial charge in [-0.25, -0.2) is 0 Å². The summed E-state index contributed by atoms with van der Waals surface area (Å²) in [6, 6.07) is 6.53. The Morgan fingerprint density at radius 1 is 1.50 bits per heavy atom. The van der Waals surface area contributed by atoms with E-state index in [1.54, 1.807) is 23.1 Å². The van der Waals surface area contributed by atoms with Crippen LogP contribution in [0.4, 0.5) is 8.78 Å². The molecule has 0 bridgehead atoms. The lowest BCUT2D eigenvalue weighted by atomic mass is 10.1. The molecule has 4 nitrogen and oxygen atoms in total. The van der Waals surface area contributed by atoms with Crippen LogP contribution in [-0.4, -0.2) is 43.1 Å². The van der Waals surface area contributed by atoms with Gasteiger partial charge in [0.25, 0.3) is 0 Å². The fourth-order valence-electron chi connectivity index (χ4n) is 2.34. The van der Waals surface area contributed by atoms with Crippen molar-refractivity contribution in [3.8, 4) is 5.75 Å². The first-order chi connectivity index (χ1) is 9.58. The summed E-state index contributed by atoms with van der Waals surface area (Å²) in [5.41, 5.74) is 0.489. The lowest BCUT2D eigenvalue weighted by molar-refractivity contribution is -0.133. The number of para-hydroxylation sites is 1. The number of amides is 1. The van der Waals surface area contributed by atoms with E-state index in [9.17, 15) is 13.6 Å². The number of carbonyl (C=O) groups is 1. The molecule has 1 saturated heterocycles. The summed E-state index contributed by atoms with van der Waals surface area (Å²) >= 11 is 0. The Balaban J connectivity index is 2.07. The maximum absolute atomic E-state index is 12.3. The summed E-state index contributed by atoms with van der Waals surface area (Å²) in [4.78, 5) is 14.0. The molecule has 20 heavy (non-hydrogen) atoms. The minimum absolute atomic E-state index is 0.0654. The molecule has 1 aromatic carbocycles. The predicted molar refractivity (Wildman–Crippen MR) is 70.8 cm³/mol. The molecule has 1 atom stereocenters. The Morgan fingerprint density at radius 2 is 2.25 bits per heavy atom. The molecule has 0 spiro atoms. The van der Waals surface area contributed by atoms with E-state index in [2.05, 4.69) is 10.1 Å². The third-order valence-corrected chi connectivity index (χ3v) is 3.35. The van der Waals surface area contributed by atoms with Gasteiger partial charge in [0.1, 0.15) is 5.75 Å². The van der Waals surface area contributed by atoms with Gasteiger partial charge >= 0.3 is 6.61 Å². The van der Waals surface area contributed by atoms with Gasteiger partial charge in [-0.1, -0.05) is 18.2 Å². The highest BCUT2D eigenvalue weighted by atomic mass is 19.3. The zero-order valence-corrected chi connectivity index (χ0v) is 11.3. The standard InChI is InChI=1S/C14H18F2N2O2/c1-10-9-17-6-7-18(10)13(19)8-11-4-2-3-5-12(11)20-14(15)16/h2-5,10,14,17H,6-9H2,1H3/t10-/m1/s1. The first-order valence-electron chi connectivity index (χ1n) is 6.61. The van der Waals surface area contributed by atoms with Crippen LogP contribution < -0.4 is 10.1 Å². The second kappa shape index (κ2) is 6.65. The monoisotopic (exact) mass is 284 g/mol. The molecule has 110 valence electrons. The van der Waals surface area contributed by atoms with Gasteiger partial charge in [0.15, 0.2) is 0 Å². The first kappa shape index (κ1) is 14.7. The van der Waals surface area contributed by atoms with Gasteiger partial charge < -0.3 is 15.0 Å². The number of alkyl halides is 2. The zero-order chi connectivity index (χ0) is 14.5. The molecule has 1 aliphatic heterocycles. The average Bonchev–Trinajstić information content (AvgIpc) is 2.41. The second-order valence-electron chi connectivity index (χ2n) is 4.80. The quantitative estimate of drug-likeness (QED) is 0.914. The van der Waals surface area contributed by atoms with Gasteiger partial charge in [-0.05, 0) is 13.0 Å². The number of halogens is 2. The second-order valence-corrected chi connectivity index (χ2v) is 4.80. The van der Waals surface area contributed by atoms with Gasteiger partial charge in [0.2, 0.25) is 5.91 Å². The largest absolute Gasteiger partial charge is 0.435 e. The number of nitrogens with zero attached hydrogens (tertiary/aromatic N) is 1. The lowest BCUT2D eigenvalue weighted by Crippen LogP contribution is -2.52. The lowest BCUT2D eigenvalue weighted by Gasteiger charge is -2.34. The van der Waals surface area contributed by atoms with Crippen molar-refractivity contribution in [3.63, 3.8) is 0 Å². The number of carbonyl (C=O) groups excluding carboxylic acids is 1. The van der Waals surface area contributed by atoms with E-state index in [0.29, 0.717) is 12.1 Å². The summed E-state index contributed by atoms with van der Waals surface area (Å²) in [7, 11) is 0. The van der Waals surface area contributed by atoms with Crippen LogP contribution in [0.1, 0.15) is 12.5 Å². The van der Waals surface area contributed by atoms with E-state index in [0.717, 1.165) is 13.1 Å². The molecule has 0 aliphatic carbocycles. The number of hydrogen-bond donors (Lipinski definition) is 1. The van der Waals surface area contributed by atoms with E-state index in [4.69, 9.17) is 0 Å². The van der Waals surface area contributed by atoms with E-state index >= 15 is 0 Å². The third kappa shape index (κ3) is 3.66. The third-order valence-electron chi connectivity index (χ3n) is 3.35. The maximum Gasteiger partial charge on any atom is 0.387 e. The number of hydrogen-bond acceptors (Lipinski definition) is 3. The maximum atomic E-state index is 12.3. The Kier molecular flexibility index (Phi) is 4.89. The van der Waals surface area contributed by atoms with Crippen LogP contribution in [0, 0.1) is 0 Å². The van der Waals surface area contributed by atoms with Crippen molar-refractivity contribution in [1.29, 1.82) is 0 Å². The summed E-state index contributed by atoms with van der Waals surface area (Å²) in [5, 5.41) is 3.20. The van der Waals surface area contributed by atoms with E-state index in [-0.39, 0.29) is 24.1 Å². The van der Waals surface area contributed by atoms with Gasteiger partial charge in [-0.2, -0.15) is 8.78 Å². The molecule has 0 unspecified atom stereocenters. The SMILES string of the molecule is C[C@@H]1CNCCN1C(=O)Cc1ccccc1OC(F)F. The summed E-state index contributed by atoms with van der Waals surface area (Å²) < 4.78 is 29.1. The highest BCUT2D eigenvalue weighted by molar-refractivity contribution is 5.80. The Morgan fingerprint density at radius 3 is 2.95 bits per heavy atom. The van der Waals surface area contributed by atoms with Crippen LogP contribution in [-0.2, 0) is 11.2 Å². The van der Waals surface area contributed by atoms with Crippen molar-refractivity contribution in [1.82, 2.24) is 10.2 Å². The fourth-order valence-corrected chi connectivity index (χ4v) is 2.34. The molecule has 1 fully saturated rings. The van der Waals surface area contributed by atoms with Crippen LogP contribution >= 0.6 is 0 Å². The number of piperazine rings is 1. The van der Waals surface area contributed by atoms with Gasteiger partial charge in [-0.15, -0.1) is 0 Å². The molecule has 1 heterocycles. The van der Waals surface area contributed by atoms with Gasteiger partial charge in [-0.3, -0.25) is 4.79 Å². The molecule has 1 aliphatic rings. The predicted octanol–water partition coefficient (Wildman–Crippen LogP) is 1.65. The highest BCUT2D eigenvalue weighted by Gasteiger charge is 2.24. The van der Waals surface area contributed by atoms with Gasteiger partial charge in [0, 0.05) is 31.2 Å². The first-order valence-corrected chi connectivity index (χ1v) is 6.61. The smallest absolute Gasteiger partial charge is 0.387 e. The van der Waals surface area contributed by atoms with Crippen molar-refractivity contribution in [2.45, 2.75) is 26.0 Å². The van der Waals surface area contributed by atoms with Crippen LogP contribution in [0.5, 0.6) is 5.75 Å². The van der Waals surface area contributed by atoms with Crippen molar-refractivity contribution < 1.29 is 18.3 Å². The van der Waals surface area contributed by atoms with Crippen LogP contribution in [0.3, 0.4) is 0 Å². The number of benzene rings is 1. The van der Waals surface area contributed by atoms with E-state index in [1.165, 1.54) is 6.07 Å². The molecule has 1 aromatic rings. The summed E-state index contributed by atoms with van der Waals surface area (Å²) in [6.45, 7) is 1.22. The number of nitrogens with one attached hydrogen (secondary N) is 1. The van der Waals surface area contributed by atoms with E-state index < -0.39 is 6.61 Å². The van der Waals surface area contributed by atoms with Crippen LogP contribution in [0.25, 0.3) is 0 Å². The highest BCUT2D eigenvalue weighted by Crippen LogP contribution is 2.21. The molecule has 6 heteroatoms. The zero-order valence-electron chi connectivity index (χ0n) is 11.3. The van der Waals surface area contributed by atoms with Crippen molar-refractivity contribution >= 4 is 5.91 Å². The number of rotatable bonds is 4. The molecular formula is C14H18F2N2O2. The van der Waals surface area contributed by atoms with Crippen molar-refractivity contribution in [3.05, 3.63) is 29.8 Å². The van der Waals surface area contributed by atoms with Crippen molar-refractivity contribution in [2.75, 3.05) is 19.6 Å². The Labute approximate surface area is 116 Å². The Hall–Kier alpha value is -1.69. The molecule has 1 amide bonds. The average molecular weight is 284 g/mol. The molecule has 0 saturated carbocycles. The number of ether oxygens (including phenoxy) is 1. The molecule has 0 aromatic heterocycles. The van der Waals surface area contributed by atoms with Gasteiger partial charge in [0.05, 0.1) is 6.42 Å². The van der Waals surface area contributed by atoms with E-state index in [1.807, 2.05) is 6.92 Å². The van der Waals surface area contributed by atoms with Crippen LogP contribution in [0.2, 0.25) is 0 Å². The molecule has 2 rings (SSSR count). The normalized spacial score (nSPS) is 19.2. The molecule has 0 radical (unpaired) electrons. The fraction of sp³-hybridized carbons (Fsp3) is 0.500. The molecule has 1 N–H and O–H groups in total. The molecular weight excluding hydrogens is 266 g/mol. The topological polar surface area (TPSA) is 41.6 Å².